The largest absolute Gasteiger partial charge is 0.368 e. The van der Waals surface area contributed by atoms with Gasteiger partial charge in [0.1, 0.15) is 11.4 Å². The van der Waals surface area contributed by atoms with Gasteiger partial charge in [-0.05, 0) is 30.9 Å². The molecule has 1 N–H and O–H groups in total. The van der Waals surface area contributed by atoms with Crippen molar-refractivity contribution >= 4 is 28.4 Å². The lowest BCUT2D eigenvalue weighted by Gasteiger charge is -2.43. The SMILES string of the molecule is O=C(CCc1cc(Cl)no1)N1CCC2(CC1)OCCc1c2[nH]c2ccccc12. The minimum atomic E-state index is -0.304. The van der Waals surface area contributed by atoms with Gasteiger partial charge in [0, 0.05) is 42.9 Å². The maximum absolute atomic E-state index is 12.6. The second-order valence-electron chi connectivity index (χ2n) is 7.61. The molecule has 2 aliphatic rings. The number of aromatic nitrogens is 2. The van der Waals surface area contributed by atoms with Gasteiger partial charge in [0.25, 0.3) is 0 Å². The zero-order chi connectivity index (χ0) is 19.1. The number of aromatic amines is 1. The number of ether oxygens (including phenoxy) is 1. The van der Waals surface area contributed by atoms with Gasteiger partial charge in [-0.25, -0.2) is 0 Å². The summed E-state index contributed by atoms with van der Waals surface area (Å²) in [4.78, 5) is 18.2. The summed E-state index contributed by atoms with van der Waals surface area (Å²) < 4.78 is 11.4. The first-order valence-electron chi connectivity index (χ1n) is 9.77. The molecule has 4 heterocycles. The smallest absolute Gasteiger partial charge is 0.223 e. The Balaban J connectivity index is 1.29. The summed E-state index contributed by atoms with van der Waals surface area (Å²) in [6.45, 7) is 2.13. The minimum Gasteiger partial charge on any atom is -0.368 e. The van der Waals surface area contributed by atoms with Gasteiger partial charge in [0.2, 0.25) is 5.91 Å². The maximum Gasteiger partial charge on any atom is 0.223 e. The average Bonchev–Trinajstić information content (AvgIpc) is 3.31. The highest BCUT2D eigenvalue weighted by molar-refractivity contribution is 6.29. The molecule has 3 aromatic rings. The van der Waals surface area contributed by atoms with Crippen LogP contribution in [0.3, 0.4) is 0 Å². The number of H-pyrrole nitrogens is 1. The lowest BCUT2D eigenvalue weighted by atomic mass is 9.83. The second-order valence-corrected chi connectivity index (χ2v) is 8.00. The number of carbonyl (C=O) groups is 1. The van der Waals surface area contributed by atoms with Gasteiger partial charge in [-0.3, -0.25) is 4.79 Å². The summed E-state index contributed by atoms with van der Waals surface area (Å²) in [5, 5.41) is 5.27. The number of rotatable bonds is 3. The van der Waals surface area contributed by atoms with Gasteiger partial charge in [0.15, 0.2) is 5.15 Å². The molecule has 6 nitrogen and oxygen atoms in total. The van der Waals surface area contributed by atoms with Crippen molar-refractivity contribution < 1.29 is 14.1 Å². The molecule has 1 amide bonds. The van der Waals surface area contributed by atoms with Crippen molar-refractivity contribution in [3.05, 3.63) is 52.5 Å². The van der Waals surface area contributed by atoms with Crippen molar-refractivity contribution in [3.63, 3.8) is 0 Å². The Morgan fingerprint density at radius 3 is 2.89 bits per heavy atom. The summed E-state index contributed by atoms with van der Waals surface area (Å²) in [6.07, 6.45) is 3.47. The van der Waals surface area contributed by atoms with Crippen LogP contribution in [0.15, 0.2) is 34.9 Å². The van der Waals surface area contributed by atoms with Crippen LogP contribution in [0.25, 0.3) is 10.9 Å². The van der Waals surface area contributed by atoms with E-state index >= 15 is 0 Å². The first kappa shape index (κ1) is 17.8. The number of aryl methyl sites for hydroxylation is 1. The molecule has 0 bridgehead atoms. The predicted octanol–water partition coefficient (Wildman–Crippen LogP) is 3.83. The van der Waals surface area contributed by atoms with E-state index in [4.69, 9.17) is 20.9 Å². The summed E-state index contributed by atoms with van der Waals surface area (Å²) >= 11 is 5.76. The lowest BCUT2D eigenvalue weighted by molar-refractivity contribution is -0.141. The number of amides is 1. The fraction of sp³-hybridized carbons (Fsp3) is 0.429. The first-order chi connectivity index (χ1) is 13.6. The van der Waals surface area contributed by atoms with Crippen LogP contribution in [-0.2, 0) is 28.0 Å². The molecule has 0 saturated carbocycles. The van der Waals surface area contributed by atoms with E-state index in [1.807, 2.05) is 4.90 Å². The van der Waals surface area contributed by atoms with Gasteiger partial charge >= 0.3 is 0 Å². The zero-order valence-electron chi connectivity index (χ0n) is 15.5. The van der Waals surface area contributed by atoms with E-state index in [0.717, 1.165) is 25.9 Å². The number of likely N-dealkylation sites (tertiary alicyclic amines) is 1. The molecule has 2 aliphatic heterocycles. The van der Waals surface area contributed by atoms with Crippen LogP contribution < -0.4 is 0 Å². The topological polar surface area (TPSA) is 71.4 Å². The zero-order valence-corrected chi connectivity index (χ0v) is 16.3. The van der Waals surface area contributed by atoms with Gasteiger partial charge in [-0.2, -0.15) is 0 Å². The highest BCUT2D eigenvalue weighted by atomic mass is 35.5. The summed E-state index contributed by atoms with van der Waals surface area (Å²) in [5.74, 6) is 0.778. The van der Waals surface area contributed by atoms with Crippen LogP contribution in [0.1, 0.15) is 36.3 Å². The molecule has 28 heavy (non-hydrogen) atoms. The number of nitrogens with one attached hydrogen (secondary N) is 1. The second kappa shape index (κ2) is 6.94. The number of para-hydroxylation sites is 1. The first-order valence-corrected chi connectivity index (χ1v) is 10.2. The Morgan fingerprint density at radius 1 is 1.29 bits per heavy atom. The van der Waals surface area contributed by atoms with Crippen LogP contribution in [0.2, 0.25) is 5.15 Å². The van der Waals surface area contributed by atoms with E-state index in [-0.39, 0.29) is 11.5 Å². The number of halogens is 1. The third-order valence-corrected chi connectivity index (χ3v) is 6.22. The molecule has 0 aliphatic carbocycles. The quantitative estimate of drug-likeness (QED) is 0.726. The van der Waals surface area contributed by atoms with Crippen molar-refractivity contribution in [1.82, 2.24) is 15.0 Å². The fourth-order valence-electron chi connectivity index (χ4n) is 4.57. The molecule has 7 heteroatoms. The predicted molar refractivity (Wildman–Crippen MR) is 105 cm³/mol. The Bertz CT molecular complexity index is 1020. The number of fused-ring (bicyclic) bond motifs is 4. The molecule has 0 radical (unpaired) electrons. The lowest BCUT2D eigenvalue weighted by Crippen LogP contribution is -2.48. The number of hydrogen-bond acceptors (Lipinski definition) is 4. The van der Waals surface area contributed by atoms with Crippen molar-refractivity contribution in [1.29, 1.82) is 0 Å². The van der Waals surface area contributed by atoms with Crippen molar-refractivity contribution in [2.75, 3.05) is 19.7 Å². The summed E-state index contributed by atoms with van der Waals surface area (Å²) in [7, 11) is 0. The van der Waals surface area contributed by atoms with E-state index in [9.17, 15) is 4.79 Å². The van der Waals surface area contributed by atoms with Crippen LogP contribution in [0, 0.1) is 0 Å². The van der Waals surface area contributed by atoms with Crippen LogP contribution in [-0.4, -0.2) is 40.6 Å². The Morgan fingerprint density at radius 2 is 2.11 bits per heavy atom. The third-order valence-electron chi connectivity index (χ3n) is 6.04. The van der Waals surface area contributed by atoms with Gasteiger partial charge in [-0.1, -0.05) is 35.0 Å². The Labute approximate surface area is 167 Å². The van der Waals surface area contributed by atoms with Crippen molar-refractivity contribution in [3.8, 4) is 0 Å². The molecule has 2 aromatic heterocycles. The number of benzene rings is 1. The van der Waals surface area contributed by atoms with Crippen LogP contribution >= 0.6 is 11.6 Å². The molecule has 1 saturated heterocycles. The molecule has 0 atom stereocenters. The van der Waals surface area contributed by atoms with Crippen molar-refractivity contribution in [2.45, 2.75) is 37.7 Å². The van der Waals surface area contributed by atoms with E-state index in [0.29, 0.717) is 36.8 Å². The molecule has 1 aromatic carbocycles. The monoisotopic (exact) mass is 399 g/mol. The highest BCUT2D eigenvalue weighted by Crippen LogP contribution is 2.43. The maximum atomic E-state index is 12.6. The molecule has 5 rings (SSSR count). The number of piperidine rings is 1. The Kier molecular flexibility index (Phi) is 4.40. The van der Waals surface area contributed by atoms with E-state index < -0.39 is 0 Å². The van der Waals surface area contributed by atoms with Gasteiger partial charge < -0.3 is 19.1 Å². The highest BCUT2D eigenvalue weighted by Gasteiger charge is 2.43. The fourth-order valence-corrected chi connectivity index (χ4v) is 4.73. The van der Waals surface area contributed by atoms with Crippen molar-refractivity contribution in [2.24, 2.45) is 0 Å². The van der Waals surface area contributed by atoms with Gasteiger partial charge in [-0.15, -0.1) is 0 Å². The van der Waals surface area contributed by atoms with E-state index in [1.54, 1.807) is 6.07 Å². The number of nitrogens with zero attached hydrogens (tertiary/aromatic N) is 2. The van der Waals surface area contributed by atoms with Crippen LogP contribution in [0.5, 0.6) is 0 Å². The molecule has 1 spiro atoms. The van der Waals surface area contributed by atoms with Crippen LogP contribution in [0.4, 0.5) is 0 Å². The molecular weight excluding hydrogens is 378 g/mol. The number of hydrogen-bond donors (Lipinski definition) is 1. The van der Waals surface area contributed by atoms with E-state index in [1.165, 1.54) is 22.2 Å². The molecule has 0 unspecified atom stereocenters. The Hall–Kier alpha value is -2.31. The number of carbonyl (C=O) groups excluding carboxylic acids is 1. The third kappa shape index (κ3) is 3.01. The van der Waals surface area contributed by atoms with Gasteiger partial charge in [0.05, 0.1) is 12.3 Å². The summed E-state index contributed by atoms with van der Waals surface area (Å²) in [6, 6.07) is 10.1. The average molecular weight is 400 g/mol. The summed E-state index contributed by atoms with van der Waals surface area (Å²) in [5.41, 5.74) is 3.45. The normalized spacial score (nSPS) is 18.5. The standard InChI is InChI=1S/C21H22ClN3O3/c22-18-13-14(28-24-18)5-6-19(26)25-10-8-21(9-11-25)20-16(7-12-27-21)15-3-1-2-4-17(15)23-20/h1-4,13,23H,5-12H2. The molecular formula is C21H22ClN3O3. The minimum absolute atomic E-state index is 0.134. The molecule has 146 valence electrons. The molecule has 1 fully saturated rings. The van der Waals surface area contributed by atoms with E-state index in [2.05, 4.69) is 34.4 Å².